The van der Waals surface area contributed by atoms with Gasteiger partial charge in [-0.2, -0.15) is 0 Å². The predicted molar refractivity (Wildman–Crippen MR) is 99.3 cm³/mol. The number of aryl methyl sites for hydroxylation is 1. The number of nitrogens with zero attached hydrogens (tertiary/aromatic N) is 1. The molecule has 3 nitrogen and oxygen atoms in total. The molecule has 4 heteroatoms. The van der Waals surface area contributed by atoms with Crippen molar-refractivity contribution in [1.29, 1.82) is 0 Å². The molecule has 132 valence electrons. The number of nitrogens with one attached hydrogen (secondary N) is 1. The zero-order chi connectivity index (χ0) is 15.9. The molecular formula is C20H29ClN2O. The Bertz CT molecular complexity index is 576. The molecule has 0 aromatic heterocycles. The Morgan fingerprint density at radius 3 is 2.38 bits per heavy atom. The average Bonchev–Trinajstić information content (AvgIpc) is 3.50. The zero-order valence-electron chi connectivity index (χ0n) is 14.6. The van der Waals surface area contributed by atoms with E-state index < -0.39 is 0 Å². The summed E-state index contributed by atoms with van der Waals surface area (Å²) in [6, 6.07) is 9.32. The quantitative estimate of drug-likeness (QED) is 0.882. The number of carbonyl (C=O) groups excluding carboxylic acids is 1. The summed E-state index contributed by atoms with van der Waals surface area (Å²) in [4.78, 5) is 15.3. The largest absolute Gasteiger partial charge is 0.335 e. The van der Waals surface area contributed by atoms with Crippen molar-refractivity contribution in [3.05, 3.63) is 35.4 Å². The summed E-state index contributed by atoms with van der Waals surface area (Å²) in [7, 11) is 0. The van der Waals surface area contributed by atoms with Gasteiger partial charge < -0.3 is 10.2 Å². The second-order valence-corrected chi connectivity index (χ2v) is 7.74. The van der Waals surface area contributed by atoms with Crippen LogP contribution in [0.2, 0.25) is 0 Å². The Morgan fingerprint density at radius 2 is 1.79 bits per heavy atom. The maximum absolute atomic E-state index is 13.1. The monoisotopic (exact) mass is 348 g/mol. The van der Waals surface area contributed by atoms with E-state index in [0.29, 0.717) is 23.3 Å². The van der Waals surface area contributed by atoms with Gasteiger partial charge in [0.15, 0.2) is 0 Å². The average molecular weight is 349 g/mol. The van der Waals surface area contributed by atoms with Gasteiger partial charge in [0.1, 0.15) is 0 Å². The maximum Gasteiger partial charge on any atom is 0.226 e. The molecule has 1 unspecified atom stereocenters. The molecule has 4 rings (SSSR count). The van der Waals surface area contributed by atoms with Crippen molar-refractivity contribution in [3.8, 4) is 0 Å². The van der Waals surface area contributed by atoms with Crippen LogP contribution < -0.4 is 5.32 Å². The topological polar surface area (TPSA) is 32.3 Å². The highest BCUT2D eigenvalue weighted by molar-refractivity contribution is 5.85. The lowest BCUT2D eigenvalue weighted by atomic mass is 9.91. The van der Waals surface area contributed by atoms with Crippen molar-refractivity contribution < 1.29 is 4.79 Å². The van der Waals surface area contributed by atoms with Crippen LogP contribution in [0.3, 0.4) is 0 Å². The Balaban J connectivity index is 0.00000169. The lowest BCUT2D eigenvalue weighted by molar-refractivity contribution is -0.134. The number of hydrogen-bond donors (Lipinski definition) is 1. The minimum Gasteiger partial charge on any atom is -0.335 e. The van der Waals surface area contributed by atoms with Crippen LogP contribution in [0.25, 0.3) is 0 Å². The number of rotatable bonds is 5. The minimum atomic E-state index is 0. The number of piperidine rings is 1. The molecule has 1 atom stereocenters. The van der Waals surface area contributed by atoms with Gasteiger partial charge in [-0.3, -0.25) is 4.79 Å². The second-order valence-electron chi connectivity index (χ2n) is 7.74. The van der Waals surface area contributed by atoms with Crippen LogP contribution >= 0.6 is 12.4 Å². The molecule has 1 aromatic rings. The van der Waals surface area contributed by atoms with Crippen LogP contribution in [0.15, 0.2) is 24.3 Å². The van der Waals surface area contributed by atoms with E-state index in [2.05, 4.69) is 41.4 Å². The van der Waals surface area contributed by atoms with Gasteiger partial charge in [-0.05, 0) is 68.2 Å². The third-order valence-corrected chi connectivity index (χ3v) is 6.14. The fourth-order valence-electron chi connectivity index (χ4n) is 4.22. The summed E-state index contributed by atoms with van der Waals surface area (Å²) in [5.74, 6) is 0.745. The van der Waals surface area contributed by atoms with Gasteiger partial charge >= 0.3 is 0 Å². The number of hydrogen-bond acceptors (Lipinski definition) is 2. The number of carbonyl (C=O) groups is 1. The van der Waals surface area contributed by atoms with Gasteiger partial charge in [-0.1, -0.05) is 31.2 Å². The molecule has 1 amide bonds. The summed E-state index contributed by atoms with van der Waals surface area (Å²) in [5, 5.41) is 3.43. The van der Waals surface area contributed by atoms with Crippen LogP contribution in [-0.4, -0.2) is 29.9 Å². The Kier molecular flexibility index (Phi) is 5.22. The lowest BCUT2D eigenvalue weighted by Gasteiger charge is -2.27. The first-order valence-corrected chi connectivity index (χ1v) is 9.31. The van der Waals surface area contributed by atoms with Crippen molar-refractivity contribution in [3.63, 3.8) is 0 Å². The van der Waals surface area contributed by atoms with E-state index in [1.54, 1.807) is 0 Å². The van der Waals surface area contributed by atoms with Crippen LogP contribution in [0, 0.1) is 11.3 Å². The van der Waals surface area contributed by atoms with Crippen molar-refractivity contribution >= 4 is 18.3 Å². The molecule has 1 heterocycles. The summed E-state index contributed by atoms with van der Waals surface area (Å²) < 4.78 is 0. The van der Waals surface area contributed by atoms with E-state index in [1.165, 1.54) is 36.8 Å². The smallest absolute Gasteiger partial charge is 0.226 e. The summed E-state index contributed by atoms with van der Waals surface area (Å²) >= 11 is 0. The first kappa shape index (κ1) is 17.8. The van der Waals surface area contributed by atoms with Crippen LogP contribution in [-0.2, 0) is 17.8 Å². The lowest BCUT2D eigenvalue weighted by Crippen LogP contribution is -2.37. The summed E-state index contributed by atoms with van der Waals surface area (Å²) in [5.41, 5.74) is 3.00. The van der Waals surface area contributed by atoms with E-state index >= 15 is 0 Å². The Morgan fingerprint density at radius 1 is 1.17 bits per heavy atom. The molecule has 3 fully saturated rings. The fraction of sp³-hybridized carbons (Fsp3) is 0.650. The van der Waals surface area contributed by atoms with E-state index in [-0.39, 0.29) is 12.4 Å². The minimum absolute atomic E-state index is 0. The summed E-state index contributed by atoms with van der Waals surface area (Å²) in [6.45, 7) is 5.16. The molecule has 1 aliphatic heterocycles. The third-order valence-electron chi connectivity index (χ3n) is 6.14. The highest BCUT2D eigenvalue weighted by Crippen LogP contribution is 2.59. The van der Waals surface area contributed by atoms with Gasteiger partial charge in [0.2, 0.25) is 5.91 Å². The van der Waals surface area contributed by atoms with Gasteiger partial charge in [0.25, 0.3) is 0 Å². The normalized spacial score (nSPS) is 24.3. The third kappa shape index (κ3) is 3.48. The molecule has 0 bridgehead atoms. The van der Waals surface area contributed by atoms with Gasteiger partial charge in [0.05, 0.1) is 0 Å². The molecule has 0 radical (unpaired) electrons. The van der Waals surface area contributed by atoms with Crippen LogP contribution in [0.5, 0.6) is 0 Å². The van der Waals surface area contributed by atoms with Crippen molar-refractivity contribution in [2.45, 2.75) is 58.0 Å². The Labute approximate surface area is 151 Å². The summed E-state index contributed by atoms with van der Waals surface area (Å²) in [6.07, 6.45) is 6.97. The molecule has 1 aromatic carbocycles. The fourth-order valence-corrected chi connectivity index (χ4v) is 4.22. The van der Waals surface area contributed by atoms with Crippen LogP contribution in [0.4, 0.5) is 0 Å². The number of halogens is 1. The molecule has 2 saturated carbocycles. The highest BCUT2D eigenvalue weighted by Gasteiger charge is 2.59. The van der Waals surface area contributed by atoms with Crippen molar-refractivity contribution in [1.82, 2.24) is 10.2 Å². The van der Waals surface area contributed by atoms with E-state index in [4.69, 9.17) is 0 Å². The number of amides is 1. The van der Waals surface area contributed by atoms with Crippen LogP contribution in [0.1, 0.15) is 50.2 Å². The molecule has 1 spiro atoms. The maximum atomic E-state index is 13.1. The molecular weight excluding hydrogens is 320 g/mol. The number of benzene rings is 1. The second kappa shape index (κ2) is 7.05. The highest BCUT2D eigenvalue weighted by atomic mass is 35.5. The van der Waals surface area contributed by atoms with Gasteiger partial charge in [-0.15, -0.1) is 12.4 Å². The van der Waals surface area contributed by atoms with Crippen molar-refractivity contribution in [2.24, 2.45) is 11.3 Å². The van der Waals surface area contributed by atoms with Crippen molar-refractivity contribution in [2.75, 3.05) is 13.1 Å². The SMILES string of the molecule is CCc1ccc(CN(C(=O)C2CC23CCNCC3)C2CC2)cc1.Cl. The Hall–Kier alpha value is -1.06. The predicted octanol–water partition coefficient (Wildman–Crippen LogP) is 3.55. The molecule has 2 aliphatic carbocycles. The van der Waals surface area contributed by atoms with E-state index in [0.717, 1.165) is 32.5 Å². The standard InChI is InChI=1S/C20H28N2O.ClH/c1-2-15-3-5-16(6-4-15)14-22(17-7-8-17)19(23)18-13-20(18)9-11-21-12-10-20;/h3-6,17-18,21H,2,7-14H2,1H3;1H. The molecule has 24 heavy (non-hydrogen) atoms. The molecule has 1 N–H and O–H groups in total. The molecule has 1 saturated heterocycles. The first-order chi connectivity index (χ1) is 11.2. The van der Waals surface area contributed by atoms with Gasteiger partial charge in [0, 0.05) is 18.5 Å². The van der Waals surface area contributed by atoms with E-state index in [9.17, 15) is 4.79 Å². The van der Waals surface area contributed by atoms with E-state index in [1.807, 2.05) is 0 Å². The first-order valence-electron chi connectivity index (χ1n) is 9.31. The molecule has 3 aliphatic rings. The van der Waals surface area contributed by atoms with Gasteiger partial charge in [-0.25, -0.2) is 0 Å². The zero-order valence-corrected chi connectivity index (χ0v) is 15.4.